The summed E-state index contributed by atoms with van der Waals surface area (Å²) in [6.07, 6.45) is 5.36. The highest BCUT2D eigenvalue weighted by Gasteiger charge is 2.44. The van der Waals surface area contributed by atoms with Gasteiger partial charge in [0.05, 0.1) is 11.7 Å². The highest BCUT2D eigenvalue weighted by atomic mass is 79.9. The lowest BCUT2D eigenvalue weighted by Crippen LogP contribution is -2.46. The fraction of sp³-hybridized carbons (Fsp3) is 0.692. The summed E-state index contributed by atoms with van der Waals surface area (Å²) >= 11 is 5.09. The molecule has 2 unspecified atom stereocenters. The largest absolute Gasteiger partial charge is 0.387 e. The topological polar surface area (TPSA) is 29.5 Å². The molecule has 1 saturated heterocycles. The van der Waals surface area contributed by atoms with Gasteiger partial charge in [0.25, 0.3) is 0 Å². The van der Waals surface area contributed by atoms with E-state index in [1.165, 1.54) is 19.3 Å². The number of halogens is 1. The van der Waals surface area contributed by atoms with E-state index in [0.29, 0.717) is 5.92 Å². The molecule has 2 fully saturated rings. The van der Waals surface area contributed by atoms with Crippen LogP contribution < -0.4 is 0 Å². The van der Waals surface area contributed by atoms with Gasteiger partial charge in [-0.1, -0.05) is 0 Å². The van der Waals surface area contributed by atoms with Gasteiger partial charge in [-0.15, -0.1) is 11.3 Å². The smallest absolute Gasteiger partial charge is 0.0912 e. The van der Waals surface area contributed by atoms with Crippen molar-refractivity contribution in [3.8, 4) is 0 Å². The number of aliphatic hydroxyl groups excluding tert-OH is 1. The molecule has 2 atom stereocenters. The third kappa shape index (κ3) is 2.33. The van der Waals surface area contributed by atoms with Crippen LogP contribution in [0.4, 0.5) is 0 Å². The molecule has 0 amide bonds. The van der Waals surface area contributed by atoms with E-state index < -0.39 is 0 Å². The van der Waals surface area contributed by atoms with E-state index in [2.05, 4.69) is 15.9 Å². The first-order chi connectivity index (χ1) is 8.19. The van der Waals surface area contributed by atoms with Crippen LogP contribution in [0, 0.1) is 5.92 Å². The molecular weight excluding hydrogens is 300 g/mol. The van der Waals surface area contributed by atoms with E-state index in [9.17, 15) is 5.11 Å². The first kappa shape index (κ1) is 12.2. The summed E-state index contributed by atoms with van der Waals surface area (Å²) in [4.78, 5) is 1.08. The highest BCUT2D eigenvalue weighted by Crippen LogP contribution is 2.47. The third-order valence-corrected chi connectivity index (χ3v) is 5.89. The molecule has 1 aromatic rings. The first-order valence-corrected chi connectivity index (χ1v) is 7.92. The molecule has 4 heteroatoms. The Hall–Kier alpha value is 0.1000. The molecule has 2 aliphatic rings. The van der Waals surface area contributed by atoms with E-state index in [4.69, 9.17) is 4.74 Å². The van der Waals surface area contributed by atoms with Gasteiger partial charge in [0.1, 0.15) is 0 Å². The van der Waals surface area contributed by atoms with Gasteiger partial charge in [-0.2, -0.15) is 0 Å². The van der Waals surface area contributed by atoms with E-state index in [-0.39, 0.29) is 11.7 Å². The number of rotatable bonds is 2. The van der Waals surface area contributed by atoms with Gasteiger partial charge >= 0.3 is 0 Å². The lowest BCUT2D eigenvalue weighted by molar-refractivity contribution is -0.157. The Bertz CT molecular complexity index is 400. The van der Waals surface area contributed by atoms with Crippen LogP contribution in [0.3, 0.4) is 0 Å². The van der Waals surface area contributed by atoms with Crippen molar-refractivity contribution in [2.45, 2.75) is 43.8 Å². The van der Waals surface area contributed by atoms with Crippen molar-refractivity contribution >= 4 is 27.3 Å². The summed E-state index contributed by atoms with van der Waals surface area (Å²) in [5.74, 6) is 0.370. The van der Waals surface area contributed by atoms with Crippen LogP contribution >= 0.6 is 27.3 Å². The SMILES string of the molecule is OC(c1cc(Br)cs1)C1CCOC2(CCC2)C1. The van der Waals surface area contributed by atoms with Crippen LogP contribution in [-0.4, -0.2) is 17.3 Å². The predicted molar refractivity (Wildman–Crippen MR) is 72.2 cm³/mol. The quantitative estimate of drug-likeness (QED) is 0.896. The van der Waals surface area contributed by atoms with Crippen LogP contribution in [0.2, 0.25) is 0 Å². The molecule has 17 heavy (non-hydrogen) atoms. The Morgan fingerprint density at radius 2 is 2.35 bits per heavy atom. The van der Waals surface area contributed by atoms with Gasteiger partial charge in [-0.3, -0.25) is 0 Å². The second-order valence-corrected chi connectivity index (χ2v) is 7.11. The number of thiophene rings is 1. The van der Waals surface area contributed by atoms with Gasteiger partial charge in [0.2, 0.25) is 0 Å². The average molecular weight is 317 g/mol. The Morgan fingerprint density at radius 1 is 1.53 bits per heavy atom. The van der Waals surface area contributed by atoms with Gasteiger partial charge in [-0.05, 0) is 60.0 Å². The third-order valence-electron chi connectivity index (χ3n) is 4.12. The Morgan fingerprint density at radius 3 is 2.94 bits per heavy atom. The maximum Gasteiger partial charge on any atom is 0.0912 e. The van der Waals surface area contributed by atoms with Crippen molar-refractivity contribution in [2.75, 3.05) is 6.61 Å². The molecule has 1 spiro atoms. The van der Waals surface area contributed by atoms with Gasteiger partial charge in [0.15, 0.2) is 0 Å². The van der Waals surface area contributed by atoms with Crippen molar-refractivity contribution in [1.29, 1.82) is 0 Å². The summed E-state index contributed by atoms with van der Waals surface area (Å²) < 4.78 is 6.98. The first-order valence-electron chi connectivity index (χ1n) is 6.24. The maximum absolute atomic E-state index is 10.4. The van der Waals surface area contributed by atoms with Crippen LogP contribution in [-0.2, 0) is 4.74 Å². The average Bonchev–Trinajstić information content (AvgIpc) is 2.73. The van der Waals surface area contributed by atoms with Gasteiger partial charge in [0, 0.05) is 21.3 Å². The highest BCUT2D eigenvalue weighted by molar-refractivity contribution is 9.10. The molecule has 2 nitrogen and oxygen atoms in total. The molecule has 1 aliphatic heterocycles. The zero-order valence-corrected chi connectivity index (χ0v) is 12.1. The molecule has 1 saturated carbocycles. The van der Waals surface area contributed by atoms with Gasteiger partial charge in [-0.25, -0.2) is 0 Å². The summed E-state index contributed by atoms with van der Waals surface area (Å²) in [6.45, 7) is 0.814. The van der Waals surface area contributed by atoms with Crippen molar-refractivity contribution in [2.24, 2.45) is 5.92 Å². The second kappa shape index (κ2) is 4.65. The van der Waals surface area contributed by atoms with Crippen molar-refractivity contribution in [1.82, 2.24) is 0 Å². The molecule has 1 aliphatic carbocycles. The van der Waals surface area contributed by atoms with Crippen LogP contribution in [0.1, 0.15) is 43.1 Å². The lowest BCUT2D eigenvalue weighted by atomic mass is 9.71. The molecule has 0 aromatic carbocycles. The molecular formula is C13H17BrO2S. The number of hydrogen-bond donors (Lipinski definition) is 1. The minimum absolute atomic E-state index is 0.123. The molecule has 1 aromatic heterocycles. The van der Waals surface area contributed by atoms with Crippen LogP contribution in [0.15, 0.2) is 15.9 Å². The number of aliphatic hydroxyl groups is 1. The monoisotopic (exact) mass is 316 g/mol. The number of ether oxygens (including phenoxy) is 1. The second-order valence-electron chi connectivity index (χ2n) is 5.25. The predicted octanol–water partition coefficient (Wildman–Crippen LogP) is 3.89. The molecule has 1 N–H and O–H groups in total. The molecule has 2 heterocycles. The normalized spacial score (nSPS) is 28.9. The molecule has 0 radical (unpaired) electrons. The molecule has 0 bridgehead atoms. The fourth-order valence-electron chi connectivity index (χ4n) is 2.97. The van der Waals surface area contributed by atoms with E-state index >= 15 is 0 Å². The molecule has 3 rings (SSSR count). The van der Waals surface area contributed by atoms with E-state index in [1.807, 2.05) is 11.4 Å². The maximum atomic E-state index is 10.4. The summed E-state index contributed by atoms with van der Waals surface area (Å²) in [6, 6.07) is 2.04. The summed E-state index contributed by atoms with van der Waals surface area (Å²) in [7, 11) is 0. The zero-order valence-electron chi connectivity index (χ0n) is 9.69. The Balaban J connectivity index is 1.71. The van der Waals surface area contributed by atoms with E-state index in [1.54, 1.807) is 11.3 Å². The van der Waals surface area contributed by atoms with E-state index in [0.717, 1.165) is 28.8 Å². The Kier molecular flexibility index (Phi) is 3.32. The molecule has 94 valence electrons. The zero-order chi connectivity index (χ0) is 11.9. The minimum Gasteiger partial charge on any atom is -0.387 e. The van der Waals surface area contributed by atoms with Crippen molar-refractivity contribution in [3.63, 3.8) is 0 Å². The standard InChI is InChI=1S/C13H17BrO2S/c14-10-6-11(17-8-10)12(15)9-2-5-16-13(7-9)3-1-4-13/h6,8-9,12,15H,1-5,7H2. The lowest BCUT2D eigenvalue weighted by Gasteiger charge is -2.48. The minimum atomic E-state index is -0.312. The summed E-state index contributed by atoms with van der Waals surface area (Å²) in [5, 5.41) is 12.5. The van der Waals surface area contributed by atoms with Crippen molar-refractivity contribution in [3.05, 3.63) is 20.8 Å². The number of hydrogen-bond acceptors (Lipinski definition) is 3. The Labute approximate surface area is 114 Å². The van der Waals surface area contributed by atoms with Crippen LogP contribution in [0.5, 0.6) is 0 Å². The van der Waals surface area contributed by atoms with Gasteiger partial charge < -0.3 is 9.84 Å². The fourth-order valence-corrected chi connectivity index (χ4v) is 4.49. The van der Waals surface area contributed by atoms with Crippen molar-refractivity contribution < 1.29 is 9.84 Å². The summed E-state index contributed by atoms with van der Waals surface area (Å²) in [5.41, 5.74) is 0.123. The van der Waals surface area contributed by atoms with Crippen LogP contribution in [0.25, 0.3) is 0 Å².